The van der Waals surface area contributed by atoms with Gasteiger partial charge in [0.1, 0.15) is 0 Å². The third-order valence-electron chi connectivity index (χ3n) is 1.38. The van der Waals surface area contributed by atoms with Crippen molar-refractivity contribution in [3.05, 3.63) is 22.7 Å². The molecule has 2 aromatic rings. The van der Waals surface area contributed by atoms with Gasteiger partial charge in [0.05, 0.1) is 5.69 Å². The minimum absolute atomic E-state index is 0.502. The second-order valence-electron chi connectivity index (χ2n) is 2.19. The number of thiazole rings is 2. The van der Waals surface area contributed by atoms with E-state index < -0.39 is 0 Å². The minimum Gasteiger partial charge on any atom is -0.325 e. The summed E-state index contributed by atoms with van der Waals surface area (Å²) in [6, 6.07) is 0. The smallest absolute Gasteiger partial charge is 0.152 e. The fraction of sp³-hybridized carbons (Fsp3) is 0.143. The topological polar surface area (TPSA) is 51.8 Å². The van der Waals surface area contributed by atoms with Crippen LogP contribution >= 0.6 is 22.7 Å². The van der Waals surface area contributed by atoms with E-state index in [1.54, 1.807) is 28.9 Å². The van der Waals surface area contributed by atoms with Crippen molar-refractivity contribution in [2.24, 2.45) is 5.73 Å². The molecule has 0 amide bonds. The lowest BCUT2D eigenvalue weighted by Gasteiger charge is -1.85. The lowest BCUT2D eigenvalue weighted by Crippen LogP contribution is -1.95. The maximum Gasteiger partial charge on any atom is 0.152 e. The van der Waals surface area contributed by atoms with Gasteiger partial charge in [-0.05, 0) is 0 Å². The summed E-state index contributed by atoms with van der Waals surface area (Å²) >= 11 is 3.18. The molecule has 0 fully saturated rings. The highest BCUT2D eigenvalue weighted by atomic mass is 32.1. The number of hydrogen-bond acceptors (Lipinski definition) is 5. The maximum atomic E-state index is 5.44. The first kappa shape index (κ1) is 7.85. The number of nitrogens with two attached hydrogens (primary N) is 1. The molecule has 3 nitrogen and oxygen atoms in total. The predicted octanol–water partition coefficient (Wildman–Crippen LogP) is 1.73. The Balaban J connectivity index is 2.35. The van der Waals surface area contributed by atoms with Crippen molar-refractivity contribution in [2.75, 3.05) is 0 Å². The number of nitrogens with zero attached hydrogens (tertiary/aromatic N) is 2. The van der Waals surface area contributed by atoms with E-state index in [1.807, 2.05) is 10.8 Å². The molecule has 62 valence electrons. The number of hydrogen-bond donors (Lipinski definition) is 1. The van der Waals surface area contributed by atoms with E-state index in [-0.39, 0.29) is 0 Å². The quantitative estimate of drug-likeness (QED) is 0.797. The van der Waals surface area contributed by atoms with Crippen LogP contribution in [0.5, 0.6) is 0 Å². The Morgan fingerprint density at radius 1 is 1.33 bits per heavy atom. The van der Waals surface area contributed by atoms with Crippen molar-refractivity contribution in [1.82, 2.24) is 9.97 Å². The van der Waals surface area contributed by atoms with Gasteiger partial charge < -0.3 is 5.73 Å². The number of aromatic nitrogens is 2. The van der Waals surface area contributed by atoms with Crippen molar-refractivity contribution in [3.8, 4) is 10.0 Å². The standard InChI is InChI=1S/C7H7N3S2/c8-3-5-4-12-7(10-5)6-9-1-2-11-6/h1-2,4H,3,8H2. The highest BCUT2D eigenvalue weighted by Gasteiger charge is 2.04. The van der Waals surface area contributed by atoms with E-state index in [0.29, 0.717) is 6.54 Å². The van der Waals surface area contributed by atoms with Crippen molar-refractivity contribution in [1.29, 1.82) is 0 Å². The molecule has 0 atom stereocenters. The lowest BCUT2D eigenvalue weighted by atomic mass is 10.5. The molecule has 0 radical (unpaired) electrons. The molecule has 0 spiro atoms. The molecular formula is C7H7N3S2. The minimum atomic E-state index is 0.502. The molecule has 0 saturated heterocycles. The Hall–Kier alpha value is -0.780. The molecule has 2 N–H and O–H groups in total. The van der Waals surface area contributed by atoms with E-state index in [4.69, 9.17) is 5.73 Å². The van der Waals surface area contributed by atoms with E-state index in [0.717, 1.165) is 15.7 Å². The summed E-state index contributed by atoms with van der Waals surface area (Å²) in [5.74, 6) is 0. The predicted molar refractivity (Wildman–Crippen MR) is 51.1 cm³/mol. The van der Waals surface area contributed by atoms with Crippen LogP contribution in [0.4, 0.5) is 0 Å². The second kappa shape index (κ2) is 3.30. The summed E-state index contributed by atoms with van der Waals surface area (Å²) < 4.78 is 0. The largest absolute Gasteiger partial charge is 0.325 e. The van der Waals surface area contributed by atoms with E-state index >= 15 is 0 Å². The molecular weight excluding hydrogens is 190 g/mol. The average Bonchev–Trinajstić information content (AvgIpc) is 2.75. The monoisotopic (exact) mass is 197 g/mol. The molecule has 0 aliphatic heterocycles. The molecule has 0 aromatic carbocycles. The van der Waals surface area contributed by atoms with Crippen LogP contribution in [0.1, 0.15) is 5.69 Å². The zero-order valence-corrected chi connectivity index (χ0v) is 7.86. The number of rotatable bonds is 2. The third kappa shape index (κ3) is 1.38. The van der Waals surface area contributed by atoms with Crippen molar-refractivity contribution < 1.29 is 0 Å². The molecule has 0 aliphatic rings. The molecule has 0 bridgehead atoms. The van der Waals surface area contributed by atoms with E-state index in [2.05, 4.69) is 9.97 Å². The summed E-state index contributed by atoms with van der Waals surface area (Å²) in [5, 5.41) is 5.85. The van der Waals surface area contributed by atoms with Crippen LogP contribution in [0.3, 0.4) is 0 Å². The molecule has 2 rings (SSSR count). The fourth-order valence-electron chi connectivity index (χ4n) is 0.828. The van der Waals surface area contributed by atoms with Gasteiger partial charge in [-0.3, -0.25) is 0 Å². The first-order chi connectivity index (χ1) is 5.90. The van der Waals surface area contributed by atoms with Gasteiger partial charge >= 0.3 is 0 Å². The summed E-state index contributed by atoms with van der Waals surface area (Å²) in [6.07, 6.45) is 1.78. The van der Waals surface area contributed by atoms with Crippen molar-refractivity contribution in [3.63, 3.8) is 0 Å². The summed E-state index contributed by atoms with van der Waals surface area (Å²) in [7, 11) is 0. The highest BCUT2D eigenvalue weighted by Crippen LogP contribution is 2.24. The molecule has 0 aliphatic carbocycles. The lowest BCUT2D eigenvalue weighted by molar-refractivity contribution is 1.01. The first-order valence-electron chi connectivity index (χ1n) is 3.44. The maximum absolute atomic E-state index is 5.44. The molecule has 0 saturated carbocycles. The van der Waals surface area contributed by atoms with Crippen LogP contribution in [0.2, 0.25) is 0 Å². The van der Waals surface area contributed by atoms with Gasteiger partial charge in [-0.2, -0.15) is 0 Å². The Morgan fingerprint density at radius 3 is 2.83 bits per heavy atom. The average molecular weight is 197 g/mol. The Bertz CT molecular complexity index is 352. The zero-order chi connectivity index (χ0) is 8.39. The Kier molecular flexibility index (Phi) is 2.16. The van der Waals surface area contributed by atoms with Gasteiger partial charge in [-0.1, -0.05) is 0 Å². The van der Waals surface area contributed by atoms with Crippen LogP contribution in [0.15, 0.2) is 17.0 Å². The summed E-state index contributed by atoms with van der Waals surface area (Å²) in [5.41, 5.74) is 6.38. The Morgan fingerprint density at radius 2 is 2.25 bits per heavy atom. The van der Waals surface area contributed by atoms with Gasteiger partial charge in [0.2, 0.25) is 0 Å². The molecule has 12 heavy (non-hydrogen) atoms. The zero-order valence-electron chi connectivity index (χ0n) is 6.23. The van der Waals surface area contributed by atoms with Gasteiger partial charge in [0.25, 0.3) is 0 Å². The second-order valence-corrected chi connectivity index (χ2v) is 3.94. The van der Waals surface area contributed by atoms with Crippen molar-refractivity contribution in [2.45, 2.75) is 6.54 Å². The fourth-order valence-corrected chi connectivity index (χ4v) is 2.36. The molecule has 2 heterocycles. The highest BCUT2D eigenvalue weighted by molar-refractivity contribution is 7.19. The summed E-state index contributed by atoms with van der Waals surface area (Å²) in [4.78, 5) is 8.47. The summed E-state index contributed by atoms with van der Waals surface area (Å²) in [6.45, 7) is 0.502. The van der Waals surface area contributed by atoms with Gasteiger partial charge in [0, 0.05) is 23.5 Å². The van der Waals surface area contributed by atoms with Crippen LogP contribution in [-0.2, 0) is 6.54 Å². The molecule has 5 heteroatoms. The van der Waals surface area contributed by atoms with Crippen LogP contribution in [0.25, 0.3) is 10.0 Å². The van der Waals surface area contributed by atoms with Crippen LogP contribution in [-0.4, -0.2) is 9.97 Å². The van der Waals surface area contributed by atoms with Gasteiger partial charge in [-0.15, -0.1) is 22.7 Å². The van der Waals surface area contributed by atoms with Gasteiger partial charge in [-0.25, -0.2) is 9.97 Å². The molecule has 0 unspecified atom stereocenters. The molecule has 2 aromatic heterocycles. The van der Waals surface area contributed by atoms with Crippen molar-refractivity contribution >= 4 is 22.7 Å². The van der Waals surface area contributed by atoms with E-state index in [1.165, 1.54) is 0 Å². The SMILES string of the molecule is NCc1csc(-c2nccs2)n1. The van der Waals surface area contributed by atoms with E-state index in [9.17, 15) is 0 Å². The van der Waals surface area contributed by atoms with Gasteiger partial charge in [0.15, 0.2) is 10.0 Å². The first-order valence-corrected chi connectivity index (χ1v) is 5.20. The van der Waals surface area contributed by atoms with Crippen LogP contribution < -0.4 is 5.73 Å². The third-order valence-corrected chi connectivity index (χ3v) is 3.18. The van der Waals surface area contributed by atoms with Crippen LogP contribution in [0, 0.1) is 0 Å². The Labute approximate surface area is 77.9 Å². The normalized spacial score (nSPS) is 10.4.